The minimum atomic E-state index is -0.951. The maximum atomic E-state index is 13.1. The van der Waals surface area contributed by atoms with Crippen molar-refractivity contribution >= 4 is 27.4 Å². The zero-order valence-electron chi connectivity index (χ0n) is 12.7. The Morgan fingerprint density at radius 2 is 1.96 bits per heavy atom. The van der Waals surface area contributed by atoms with Gasteiger partial charge in [-0.2, -0.15) is 0 Å². The van der Waals surface area contributed by atoms with Crippen molar-refractivity contribution in [2.75, 3.05) is 18.0 Å². The number of benzene rings is 1. The predicted molar refractivity (Wildman–Crippen MR) is 89.3 cm³/mol. The molecule has 3 heterocycles. The molecule has 0 bridgehead atoms. The number of rotatable bonds is 3. The van der Waals surface area contributed by atoms with Crippen molar-refractivity contribution in [2.45, 2.75) is 18.9 Å². The average molecular weight is 329 g/mol. The molecule has 1 fully saturated rings. The van der Waals surface area contributed by atoms with Crippen LogP contribution < -0.4 is 4.90 Å². The highest BCUT2D eigenvalue weighted by molar-refractivity contribution is 7.16. The number of aliphatic hydroxyl groups is 1. The van der Waals surface area contributed by atoms with E-state index in [0.717, 1.165) is 33.8 Å². The monoisotopic (exact) mass is 329 g/mol. The standard InChI is InChI=1S/C17H16FN3OS/c1-2-14-19-15(13-7-8-23-16(13)20-14)21-9-17(22,10-21)11-3-5-12(18)6-4-11/h3-8,22H,2,9-10H2,1H3. The Kier molecular flexibility index (Phi) is 3.32. The van der Waals surface area contributed by atoms with Gasteiger partial charge in [0, 0.05) is 6.42 Å². The molecule has 4 rings (SSSR count). The summed E-state index contributed by atoms with van der Waals surface area (Å²) in [5.41, 5.74) is -0.214. The maximum absolute atomic E-state index is 13.1. The highest BCUT2D eigenvalue weighted by atomic mass is 32.1. The van der Waals surface area contributed by atoms with Crippen LogP contribution >= 0.6 is 11.3 Å². The van der Waals surface area contributed by atoms with E-state index < -0.39 is 5.60 Å². The van der Waals surface area contributed by atoms with E-state index in [4.69, 9.17) is 0 Å². The lowest BCUT2D eigenvalue weighted by atomic mass is 9.86. The zero-order valence-corrected chi connectivity index (χ0v) is 13.5. The Balaban J connectivity index is 1.64. The molecule has 0 atom stereocenters. The van der Waals surface area contributed by atoms with Crippen LogP contribution in [0.3, 0.4) is 0 Å². The first-order chi connectivity index (χ1) is 11.1. The first-order valence-corrected chi connectivity index (χ1v) is 8.44. The Morgan fingerprint density at radius 3 is 2.65 bits per heavy atom. The van der Waals surface area contributed by atoms with Gasteiger partial charge in [-0.1, -0.05) is 19.1 Å². The van der Waals surface area contributed by atoms with Crippen LogP contribution in [0, 0.1) is 5.82 Å². The molecule has 0 spiro atoms. The Labute approximate surface area is 137 Å². The molecular weight excluding hydrogens is 313 g/mol. The van der Waals surface area contributed by atoms with Gasteiger partial charge in [0.2, 0.25) is 0 Å². The number of hydrogen-bond donors (Lipinski definition) is 1. The molecule has 4 nitrogen and oxygen atoms in total. The quantitative estimate of drug-likeness (QED) is 0.802. The molecule has 3 aromatic rings. The molecule has 0 aliphatic carbocycles. The number of thiophene rings is 1. The first-order valence-electron chi connectivity index (χ1n) is 7.56. The topological polar surface area (TPSA) is 49.2 Å². The van der Waals surface area contributed by atoms with E-state index >= 15 is 0 Å². The highest BCUT2D eigenvalue weighted by Gasteiger charge is 2.44. The lowest BCUT2D eigenvalue weighted by molar-refractivity contribution is 0.00716. The Hall–Kier alpha value is -2.05. The zero-order chi connectivity index (χ0) is 16.0. The largest absolute Gasteiger partial charge is 0.381 e. The minimum Gasteiger partial charge on any atom is -0.381 e. The number of aromatic nitrogens is 2. The summed E-state index contributed by atoms with van der Waals surface area (Å²) in [4.78, 5) is 12.2. The van der Waals surface area contributed by atoms with Gasteiger partial charge in [0.25, 0.3) is 0 Å². The number of halogens is 1. The molecule has 1 saturated heterocycles. The van der Waals surface area contributed by atoms with Gasteiger partial charge >= 0.3 is 0 Å². The van der Waals surface area contributed by atoms with E-state index in [1.54, 1.807) is 23.5 Å². The van der Waals surface area contributed by atoms with E-state index in [1.165, 1.54) is 12.1 Å². The highest BCUT2D eigenvalue weighted by Crippen LogP contribution is 2.38. The molecule has 1 aliphatic rings. The third-order valence-corrected chi connectivity index (χ3v) is 5.06. The molecule has 0 radical (unpaired) electrons. The molecule has 0 saturated carbocycles. The van der Waals surface area contributed by atoms with E-state index in [9.17, 15) is 9.50 Å². The normalized spacial score (nSPS) is 16.6. The molecule has 1 aromatic carbocycles. The average Bonchev–Trinajstić information content (AvgIpc) is 3.00. The lowest BCUT2D eigenvalue weighted by Crippen LogP contribution is -2.60. The molecule has 118 valence electrons. The van der Waals surface area contributed by atoms with Crippen molar-refractivity contribution in [1.82, 2.24) is 9.97 Å². The number of β-amino-alcohol motifs (C(OH)–C–C–N with tert-alkyl or cyclic N) is 1. The van der Waals surface area contributed by atoms with E-state index in [-0.39, 0.29) is 5.82 Å². The van der Waals surface area contributed by atoms with Gasteiger partial charge in [-0.3, -0.25) is 0 Å². The first kappa shape index (κ1) is 14.5. The van der Waals surface area contributed by atoms with Gasteiger partial charge in [0.15, 0.2) is 0 Å². The van der Waals surface area contributed by atoms with Gasteiger partial charge in [-0.25, -0.2) is 14.4 Å². The number of aryl methyl sites for hydroxylation is 1. The molecule has 0 amide bonds. The van der Waals surface area contributed by atoms with Crippen molar-refractivity contribution < 1.29 is 9.50 Å². The Morgan fingerprint density at radius 1 is 1.22 bits per heavy atom. The summed E-state index contributed by atoms with van der Waals surface area (Å²) < 4.78 is 13.1. The molecule has 6 heteroatoms. The van der Waals surface area contributed by atoms with Gasteiger partial charge in [-0.05, 0) is 29.1 Å². The smallest absolute Gasteiger partial charge is 0.141 e. The minimum absolute atomic E-state index is 0.295. The van der Waals surface area contributed by atoms with Gasteiger partial charge in [0.1, 0.15) is 27.9 Å². The molecular formula is C17H16FN3OS. The van der Waals surface area contributed by atoms with Crippen molar-refractivity contribution in [1.29, 1.82) is 0 Å². The van der Waals surface area contributed by atoms with Gasteiger partial charge < -0.3 is 10.0 Å². The van der Waals surface area contributed by atoms with Crippen LogP contribution in [0.5, 0.6) is 0 Å². The van der Waals surface area contributed by atoms with Crippen LogP contribution in [0.2, 0.25) is 0 Å². The maximum Gasteiger partial charge on any atom is 0.141 e. The third-order valence-electron chi connectivity index (χ3n) is 4.25. The van der Waals surface area contributed by atoms with Crippen LogP contribution in [-0.2, 0) is 12.0 Å². The number of fused-ring (bicyclic) bond motifs is 1. The van der Waals surface area contributed by atoms with Crippen molar-refractivity contribution in [2.24, 2.45) is 0 Å². The molecule has 1 N–H and O–H groups in total. The summed E-state index contributed by atoms with van der Waals surface area (Å²) >= 11 is 1.60. The third kappa shape index (κ3) is 2.38. The van der Waals surface area contributed by atoms with Crippen molar-refractivity contribution in [3.8, 4) is 0 Å². The SMILES string of the molecule is CCc1nc(N2CC(O)(c3ccc(F)cc3)C2)c2ccsc2n1. The van der Waals surface area contributed by atoms with Crippen LogP contribution in [0.15, 0.2) is 35.7 Å². The number of nitrogens with zero attached hydrogens (tertiary/aromatic N) is 3. The summed E-state index contributed by atoms with van der Waals surface area (Å²) in [7, 11) is 0. The van der Waals surface area contributed by atoms with Crippen molar-refractivity contribution in [3.63, 3.8) is 0 Å². The summed E-state index contributed by atoms with van der Waals surface area (Å²) in [5.74, 6) is 1.39. The molecule has 23 heavy (non-hydrogen) atoms. The fourth-order valence-electron chi connectivity index (χ4n) is 2.96. The van der Waals surface area contributed by atoms with Gasteiger partial charge in [0.05, 0.1) is 18.5 Å². The van der Waals surface area contributed by atoms with Crippen molar-refractivity contribution in [3.05, 3.63) is 52.9 Å². The van der Waals surface area contributed by atoms with E-state index in [0.29, 0.717) is 13.1 Å². The number of hydrogen-bond acceptors (Lipinski definition) is 5. The van der Waals surface area contributed by atoms with Crippen LogP contribution in [0.4, 0.5) is 10.2 Å². The summed E-state index contributed by atoms with van der Waals surface area (Å²) in [5, 5.41) is 13.8. The second-order valence-corrected chi connectivity index (χ2v) is 6.75. The van der Waals surface area contributed by atoms with E-state index in [1.807, 2.05) is 18.4 Å². The predicted octanol–water partition coefficient (Wildman–Crippen LogP) is 3.10. The van der Waals surface area contributed by atoms with Crippen LogP contribution in [0.25, 0.3) is 10.2 Å². The fraction of sp³-hybridized carbons (Fsp3) is 0.294. The summed E-state index contributed by atoms with van der Waals surface area (Å²) in [6, 6.07) is 8.07. The second kappa shape index (κ2) is 5.25. The van der Waals surface area contributed by atoms with E-state index in [2.05, 4.69) is 14.9 Å². The summed E-state index contributed by atoms with van der Waals surface area (Å²) in [6.45, 7) is 2.93. The molecule has 2 aromatic heterocycles. The molecule has 0 unspecified atom stereocenters. The summed E-state index contributed by atoms with van der Waals surface area (Å²) in [6.07, 6.45) is 0.775. The van der Waals surface area contributed by atoms with Crippen LogP contribution in [0.1, 0.15) is 18.3 Å². The molecule has 1 aliphatic heterocycles. The second-order valence-electron chi connectivity index (χ2n) is 5.85. The fourth-order valence-corrected chi connectivity index (χ4v) is 3.74. The van der Waals surface area contributed by atoms with Gasteiger partial charge in [-0.15, -0.1) is 11.3 Å². The number of anilines is 1. The van der Waals surface area contributed by atoms with Crippen LogP contribution in [-0.4, -0.2) is 28.2 Å². The lowest BCUT2D eigenvalue weighted by Gasteiger charge is -2.47. The Bertz CT molecular complexity index is 856.